The van der Waals surface area contributed by atoms with Gasteiger partial charge in [0.05, 0.1) is 0 Å². The lowest BCUT2D eigenvalue weighted by atomic mass is 9.90. The number of piperidine rings is 1. The number of amides is 1. The van der Waals surface area contributed by atoms with Gasteiger partial charge in [-0.2, -0.15) is 0 Å². The Bertz CT molecular complexity index is 421. The van der Waals surface area contributed by atoms with Gasteiger partial charge in [-0.05, 0) is 37.8 Å². The Morgan fingerprint density at radius 2 is 2.05 bits per heavy atom. The summed E-state index contributed by atoms with van der Waals surface area (Å²) in [5.41, 5.74) is 3.32. The Labute approximate surface area is 114 Å². The molecule has 19 heavy (non-hydrogen) atoms. The van der Waals surface area contributed by atoms with E-state index in [9.17, 15) is 4.79 Å². The topological polar surface area (TPSA) is 58.4 Å². The standard InChI is InChI=1S/C15H23N3O/c1-11-8-9-18(12(2)10-11)14(15(19)17-16)13-6-4-3-5-7-13/h3-7,11-12,14H,8-10,16H2,1-2H3,(H,17,19). The molecule has 0 saturated carbocycles. The Kier molecular flexibility index (Phi) is 4.56. The van der Waals surface area contributed by atoms with E-state index < -0.39 is 0 Å². The lowest BCUT2D eigenvalue weighted by Gasteiger charge is -2.41. The number of carbonyl (C=O) groups is 1. The van der Waals surface area contributed by atoms with E-state index in [4.69, 9.17) is 5.84 Å². The minimum Gasteiger partial charge on any atom is -0.293 e. The van der Waals surface area contributed by atoms with Gasteiger partial charge in [0, 0.05) is 6.04 Å². The third kappa shape index (κ3) is 3.14. The van der Waals surface area contributed by atoms with Crippen LogP contribution in [0.2, 0.25) is 0 Å². The van der Waals surface area contributed by atoms with Gasteiger partial charge in [0.15, 0.2) is 0 Å². The number of nitrogens with zero attached hydrogens (tertiary/aromatic N) is 1. The van der Waals surface area contributed by atoms with Gasteiger partial charge >= 0.3 is 0 Å². The molecule has 2 rings (SSSR count). The first-order valence-electron chi connectivity index (χ1n) is 6.94. The number of benzene rings is 1. The third-order valence-corrected chi connectivity index (χ3v) is 4.03. The molecule has 4 nitrogen and oxygen atoms in total. The lowest BCUT2D eigenvalue weighted by Crippen LogP contribution is -2.49. The van der Waals surface area contributed by atoms with Crippen LogP contribution >= 0.6 is 0 Å². The number of likely N-dealkylation sites (tertiary alicyclic amines) is 1. The number of carbonyl (C=O) groups excluding carboxylic acids is 1. The molecule has 0 aliphatic carbocycles. The predicted molar refractivity (Wildman–Crippen MR) is 76.1 cm³/mol. The van der Waals surface area contributed by atoms with Crippen molar-refractivity contribution in [2.24, 2.45) is 11.8 Å². The molecule has 3 N–H and O–H groups in total. The average Bonchev–Trinajstić information content (AvgIpc) is 2.42. The number of hydrogen-bond donors (Lipinski definition) is 2. The molecule has 1 saturated heterocycles. The molecule has 1 aromatic rings. The summed E-state index contributed by atoms with van der Waals surface area (Å²) in [5.74, 6) is 5.96. The maximum absolute atomic E-state index is 12.2. The van der Waals surface area contributed by atoms with Crippen molar-refractivity contribution in [2.45, 2.75) is 38.8 Å². The number of hydrazine groups is 1. The summed E-state index contributed by atoms with van der Waals surface area (Å²) in [4.78, 5) is 14.4. The maximum Gasteiger partial charge on any atom is 0.255 e. The fourth-order valence-corrected chi connectivity index (χ4v) is 3.02. The lowest BCUT2D eigenvalue weighted by molar-refractivity contribution is -0.128. The summed E-state index contributed by atoms with van der Waals surface area (Å²) in [6.45, 7) is 5.40. The molecular formula is C15H23N3O. The summed E-state index contributed by atoms with van der Waals surface area (Å²) >= 11 is 0. The molecule has 3 unspecified atom stereocenters. The maximum atomic E-state index is 12.2. The molecule has 1 fully saturated rings. The molecule has 1 amide bonds. The molecule has 1 aliphatic rings. The van der Waals surface area contributed by atoms with Crippen molar-refractivity contribution < 1.29 is 4.79 Å². The third-order valence-electron chi connectivity index (χ3n) is 4.03. The molecule has 1 heterocycles. The zero-order valence-electron chi connectivity index (χ0n) is 11.7. The van der Waals surface area contributed by atoms with Crippen LogP contribution < -0.4 is 11.3 Å². The Hall–Kier alpha value is -1.39. The van der Waals surface area contributed by atoms with Crippen LogP contribution in [0.4, 0.5) is 0 Å². The largest absolute Gasteiger partial charge is 0.293 e. The van der Waals surface area contributed by atoms with Crippen molar-refractivity contribution >= 4 is 5.91 Å². The van der Waals surface area contributed by atoms with Crippen LogP contribution in [0.1, 0.15) is 38.3 Å². The molecule has 0 aromatic heterocycles. The van der Waals surface area contributed by atoms with Gasteiger partial charge in [-0.1, -0.05) is 37.3 Å². The Balaban J connectivity index is 2.26. The van der Waals surface area contributed by atoms with Crippen molar-refractivity contribution in [1.29, 1.82) is 0 Å². The first-order chi connectivity index (χ1) is 9.13. The summed E-state index contributed by atoms with van der Waals surface area (Å²) in [6.07, 6.45) is 2.26. The summed E-state index contributed by atoms with van der Waals surface area (Å²) in [5, 5.41) is 0. The van der Waals surface area contributed by atoms with E-state index in [1.54, 1.807) is 0 Å². The molecule has 4 heteroatoms. The van der Waals surface area contributed by atoms with E-state index in [0.717, 1.165) is 30.9 Å². The average molecular weight is 261 g/mol. The highest BCUT2D eigenvalue weighted by atomic mass is 16.2. The minimum atomic E-state index is -0.284. The molecule has 0 spiro atoms. The highest BCUT2D eigenvalue weighted by Gasteiger charge is 2.33. The smallest absolute Gasteiger partial charge is 0.255 e. The SMILES string of the molecule is CC1CCN(C(C(=O)NN)c2ccccc2)C(C)C1. The van der Waals surface area contributed by atoms with Crippen LogP contribution in [0.25, 0.3) is 0 Å². The second-order valence-electron chi connectivity index (χ2n) is 5.54. The molecule has 104 valence electrons. The fourth-order valence-electron chi connectivity index (χ4n) is 3.02. The van der Waals surface area contributed by atoms with E-state index >= 15 is 0 Å². The van der Waals surface area contributed by atoms with Gasteiger partial charge in [0.2, 0.25) is 0 Å². The highest BCUT2D eigenvalue weighted by molar-refractivity contribution is 5.82. The molecular weight excluding hydrogens is 238 g/mol. The highest BCUT2D eigenvalue weighted by Crippen LogP contribution is 2.30. The van der Waals surface area contributed by atoms with E-state index in [2.05, 4.69) is 24.2 Å². The number of hydrogen-bond acceptors (Lipinski definition) is 3. The molecule has 1 aromatic carbocycles. The van der Waals surface area contributed by atoms with Gasteiger partial charge in [-0.3, -0.25) is 15.1 Å². The normalized spacial score (nSPS) is 25.8. The van der Waals surface area contributed by atoms with E-state index in [1.165, 1.54) is 0 Å². The Morgan fingerprint density at radius 1 is 1.37 bits per heavy atom. The van der Waals surface area contributed by atoms with Crippen LogP contribution in [0.5, 0.6) is 0 Å². The quantitative estimate of drug-likeness (QED) is 0.496. The van der Waals surface area contributed by atoms with Gasteiger partial charge in [0.1, 0.15) is 6.04 Å². The Morgan fingerprint density at radius 3 is 2.63 bits per heavy atom. The second kappa shape index (κ2) is 6.17. The second-order valence-corrected chi connectivity index (χ2v) is 5.54. The van der Waals surface area contributed by atoms with E-state index in [-0.39, 0.29) is 11.9 Å². The van der Waals surface area contributed by atoms with Crippen molar-refractivity contribution in [3.8, 4) is 0 Å². The fraction of sp³-hybridized carbons (Fsp3) is 0.533. The summed E-state index contributed by atoms with van der Waals surface area (Å²) < 4.78 is 0. The number of nitrogens with two attached hydrogens (primary N) is 1. The van der Waals surface area contributed by atoms with Crippen LogP contribution in [0.3, 0.4) is 0 Å². The van der Waals surface area contributed by atoms with Crippen LogP contribution in [-0.2, 0) is 4.79 Å². The van der Waals surface area contributed by atoms with Crippen LogP contribution in [0, 0.1) is 5.92 Å². The van der Waals surface area contributed by atoms with Crippen LogP contribution in [-0.4, -0.2) is 23.4 Å². The van der Waals surface area contributed by atoms with E-state index in [0.29, 0.717) is 6.04 Å². The zero-order chi connectivity index (χ0) is 13.8. The number of nitrogens with one attached hydrogen (secondary N) is 1. The van der Waals surface area contributed by atoms with Crippen molar-refractivity contribution in [3.05, 3.63) is 35.9 Å². The summed E-state index contributed by atoms with van der Waals surface area (Å²) in [6, 6.07) is 9.98. The van der Waals surface area contributed by atoms with Gasteiger partial charge < -0.3 is 0 Å². The van der Waals surface area contributed by atoms with Crippen molar-refractivity contribution in [2.75, 3.05) is 6.54 Å². The van der Waals surface area contributed by atoms with Gasteiger partial charge in [-0.15, -0.1) is 0 Å². The van der Waals surface area contributed by atoms with Crippen LogP contribution in [0.15, 0.2) is 30.3 Å². The first kappa shape index (κ1) is 14.0. The van der Waals surface area contributed by atoms with Crippen molar-refractivity contribution in [1.82, 2.24) is 10.3 Å². The van der Waals surface area contributed by atoms with Gasteiger partial charge in [0.25, 0.3) is 5.91 Å². The minimum absolute atomic E-state index is 0.132. The zero-order valence-corrected chi connectivity index (χ0v) is 11.7. The monoisotopic (exact) mass is 261 g/mol. The van der Waals surface area contributed by atoms with Gasteiger partial charge in [-0.25, -0.2) is 5.84 Å². The summed E-state index contributed by atoms with van der Waals surface area (Å²) in [7, 11) is 0. The molecule has 0 radical (unpaired) electrons. The molecule has 0 bridgehead atoms. The molecule has 3 atom stereocenters. The molecule has 1 aliphatic heterocycles. The first-order valence-corrected chi connectivity index (χ1v) is 6.94. The van der Waals surface area contributed by atoms with E-state index in [1.807, 2.05) is 30.3 Å². The predicted octanol–water partition coefficient (Wildman–Crippen LogP) is 1.84. The van der Waals surface area contributed by atoms with Crippen molar-refractivity contribution in [3.63, 3.8) is 0 Å². The number of rotatable bonds is 3.